The van der Waals surface area contributed by atoms with Crippen LogP contribution < -0.4 is 0 Å². The van der Waals surface area contributed by atoms with Crippen molar-refractivity contribution in [3.63, 3.8) is 0 Å². The van der Waals surface area contributed by atoms with Crippen LogP contribution in [-0.2, 0) is 0 Å². The highest BCUT2D eigenvalue weighted by atomic mass is 79.9. The van der Waals surface area contributed by atoms with E-state index in [1.807, 2.05) is 29.6 Å². The number of allylic oxidation sites excluding steroid dienone is 1. The molecule has 0 radical (unpaired) electrons. The van der Waals surface area contributed by atoms with Gasteiger partial charge >= 0.3 is 0 Å². The number of nitriles is 1. The summed E-state index contributed by atoms with van der Waals surface area (Å²) in [5, 5.41) is 11.9. The van der Waals surface area contributed by atoms with Crippen LogP contribution in [0.2, 0.25) is 0 Å². The molecule has 0 aliphatic carbocycles. The lowest BCUT2D eigenvalue weighted by Crippen LogP contribution is -1.82. The van der Waals surface area contributed by atoms with E-state index in [0.717, 1.165) is 15.7 Å². The lowest BCUT2D eigenvalue weighted by molar-refractivity contribution is 0.557. The number of furan rings is 1. The Balaban J connectivity index is 1.96. The second kappa shape index (κ2) is 6.08. The van der Waals surface area contributed by atoms with Crippen molar-refractivity contribution >= 4 is 38.9 Å². The maximum Gasteiger partial charge on any atom is 0.134 e. The second-order valence-corrected chi connectivity index (χ2v) is 6.01. The molecule has 5 heteroatoms. The van der Waals surface area contributed by atoms with Gasteiger partial charge in [-0.1, -0.05) is 28.1 Å². The molecule has 2 heterocycles. The average Bonchev–Trinajstić information content (AvgIpc) is 3.16. The number of rotatable bonds is 3. The molecule has 0 aliphatic rings. The molecule has 2 aromatic heterocycles. The molecule has 0 saturated heterocycles. The van der Waals surface area contributed by atoms with Crippen molar-refractivity contribution in [2.24, 2.45) is 0 Å². The Kier molecular flexibility index (Phi) is 4.00. The summed E-state index contributed by atoms with van der Waals surface area (Å²) in [6.45, 7) is 0. The lowest BCUT2D eigenvalue weighted by atomic mass is 10.2. The van der Waals surface area contributed by atoms with Gasteiger partial charge in [0.15, 0.2) is 0 Å². The van der Waals surface area contributed by atoms with Crippen LogP contribution in [-0.4, -0.2) is 4.98 Å². The molecule has 0 bridgehead atoms. The number of benzene rings is 1. The molecule has 21 heavy (non-hydrogen) atoms. The van der Waals surface area contributed by atoms with E-state index in [4.69, 9.17) is 4.42 Å². The number of thiazole rings is 1. The quantitative estimate of drug-likeness (QED) is 0.603. The Bertz CT molecular complexity index is 828. The Morgan fingerprint density at radius 2 is 2.24 bits per heavy atom. The van der Waals surface area contributed by atoms with Crippen LogP contribution in [0.15, 0.2) is 56.9 Å². The van der Waals surface area contributed by atoms with Crippen LogP contribution >= 0.6 is 27.3 Å². The van der Waals surface area contributed by atoms with Gasteiger partial charge in [0.05, 0.1) is 17.5 Å². The first-order chi connectivity index (χ1) is 10.3. The monoisotopic (exact) mass is 356 g/mol. The van der Waals surface area contributed by atoms with Crippen LogP contribution in [0.25, 0.3) is 22.9 Å². The summed E-state index contributed by atoms with van der Waals surface area (Å²) in [7, 11) is 0. The third-order valence-corrected chi connectivity index (χ3v) is 4.17. The van der Waals surface area contributed by atoms with Crippen molar-refractivity contribution in [3.05, 3.63) is 63.3 Å². The van der Waals surface area contributed by atoms with Gasteiger partial charge in [0.2, 0.25) is 0 Å². The number of hydrogen-bond donors (Lipinski definition) is 0. The predicted molar refractivity (Wildman–Crippen MR) is 87.4 cm³/mol. The Morgan fingerprint density at radius 1 is 1.33 bits per heavy atom. The zero-order chi connectivity index (χ0) is 14.7. The molecule has 0 aliphatic heterocycles. The van der Waals surface area contributed by atoms with Crippen molar-refractivity contribution in [3.8, 4) is 17.3 Å². The zero-order valence-electron chi connectivity index (χ0n) is 10.8. The Labute approximate surface area is 134 Å². The third kappa shape index (κ3) is 3.13. The van der Waals surface area contributed by atoms with Crippen molar-refractivity contribution in [1.82, 2.24) is 4.98 Å². The van der Waals surface area contributed by atoms with E-state index in [1.54, 1.807) is 24.5 Å². The summed E-state index contributed by atoms with van der Waals surface area (Å²) in [6, 6.07) is 13.7. The first kappa shape index (κ1) is 13.8. The van der Waals surface area contributed by atoms with Gasteiger partial charge in [-0.3, -0.25) is 0 Å². The molecular weight excluding hydrogens is 348 g/mol. The minimum atomic E-state index is 0.496. The van der Waals surface area contributed by atoms with E-state index in [0.29, 0.717) is 16.3 Å². The van der Waals surface area contributed by atoms with Crippen LogP contribution in [0.1, 0.15) is 10.8 Å². The first-order valence-corrected chi connectivity index (χ1v) is 7.80. The van der Waals surface area contributed by atoms with Gasteiger partial charge in [0, 0.05) is 21.5 Å². The zero-order valence-corrected chi connectivity index (χ0v) is 13.2. The van der Waals surface area contributed by atoms with Crippen molar-refractivity contribution in [1.29, 1.82) is 5.26 Å². The summed E-state index contributed by atoms with van der Waals surface area (Å²) in [5.41, 5.74) is 2.37. The Hall–Kier alpha value is -2.16. The molecular formula is C16H9BrN2OS. The third-order valence-electron chi connectivity index (χ3n) is 2.81. The van der Waals surface area contributed by atoms with Crippen molar-refractivity contribution in [2.45, 2.75) is 0 Å². The van der Waals surface area contributed by atoms with E-state index >= 15 is 0 Å². The highest BCUT2D eigenvalue weighted by Gasteiger charge is 2.09. The highest BCUT2D eigenvalue weighted by molar-refractivity contribution is 9.10. The molecule has 3 aromatic rings. The van der Waals surface area contributed by atoms with E-state index < -0.39 is 0 Å². The number of aromatic nitrogens is 1. The topological polar surface area (TPSA) is 49.8 Å². The Morgan fingerprint density at radius 3 is 2.95 bits per heavy atom. The molecule has 0 saturated carbocycles. The molecule has 0 N–H and O–H groups in total. The molecule has 102 valence electrons. The first-order valence-electron chi connectivity index (χ1n) is 6.13. The van der Waals surface area contributed by atoms with Gasteiger partial charge in [-0.05, 0) is 24.3 Å². The molecule has 0 atom stereocenters. The summed E-state index contributed by atoms with van der Waals surface area (Å²) in [6.07, 6.45) is 3.28. The normalized spacial score (nSPS) is 11.3. The molecule has 0 unspecified atom stereocenters. The smallest absolute Gasteiger partial charge is 0.134 e. The second-order valence-electron chi connectivity index (χ2n) is 4.23. The number of halogens is 1. The predicted octanol–water partition coefficient (Wildman–Crippen LogP) is 5.23. The van der Waals surface area contributed by atoms with Gasteiger partial charge in [-0.25, -0.2) is 4.98 Å². The van der Waals surface area contributed by atoms with E-state index in [1.165, 1.54) is 11.3 Å². The van der Waals surface area contributed by atoms with Crippen LogP contribution in [0.5, 0.6) is 0 Å². The summed E-state index contributed by atoms with van der Waals surface area (Å²) < 4.78 is 6.24. The maximum atomic E-state index is 9.30. The fraction of sp³-hybridized carbons (Fsp3) is 0. The lowest BCUT2D eigenvalue weighted by Gasteiger charge is -1.97. The van der Waals surface area contributed by atoms with Crippen molar-refractivity contribution < 1.29 is 4.42 Å². The molecule has 3 rings (SSSR count). The number of nitrogens with zero attached hydrogens (tertiary/aromatic N) is 2. The molecule has 0 spiro atoms. The summed E-state index contributed by atoms with van der Waals surface area (Å²) in [5.74, 6) is 0.644. The van der Waals surface area contributed by atoms with Gasteiger partial charge in [0.25, 0.3) is 0 Å². The molecule has 1 aromatic carbocycles. The van der Waals surface area contributed by atoms with Crippen LogP contribution in [0.3, 0.4) is 0 Å². The molecule has 0 fully saturated rings. The van der Waals surface area contributed by atoms with E-state index in [-0.39, 0.29) is 0 Å². The largest absolute Gasteiger partial charge is 0.465 e. The van der Waals surface area contributed by atoms with E-state index in [2.05, 4.69) is 27.0 Å². The molecule has 0 amide bonds. The SMILES string of the molecule is N#CC(=Cc1ccco1)c1nc(-c2cccc(Br)c2)cs1. The minimum absolute atomic E-state index is 0.496. The fourth-order valence-corrected chi connectivity index (χ4v) is 3.03. The minimum Gasteiger partial charge on any atom is -0.465 e. The van der Waals surface area contributed by atoms with Gasteiger partial charge in [-0.15, -0.1) is 11.3 Å². The summed E-state index contributed by atoms with van der Waals surface area (Å²) >= 11 is 4.89. The highest BCUT2D eigenvalue weighted by Crippen LogP contribution is 2.28. The number of hydrogen-bond acceptors (Lipinski definition) is 4. The average molecular weight is 357 g/mol. The van der Waals surface area contributed by atoms with Crippen molar-refractivity contribution in [2.75, 3.05) is 0 Å². The summed E-state index contributed by atoms with van der Waals surface area (Å²) in [4.78, 5) is 4.54. The van der Waals surface area contributed by atoms with Gasteiger partial charge in [-0.2, -0.15) is 5.26 Å². The fourth-order valence-electron chi connectivity index (χ4n) is 1.84. The van der Waals surface area contributed by atoms with Crippen LogP contribution in [0, 0.1) is 11.3 Å². The van der Waals surface area contributed by atoms with Gasteiger partial charge < -0.3 is 4.42 Å². The van der Waals surface area contributed by atoms with Crippen LogP contribution in [0.4, 0.5) is 0 Å². The van der Waals surface area contributed by atoms with Gasteiger partial charge in [0.1, 0.15) is 16.8 Å². The molecule has 3 nitrogen and oxygen atoms in total. The van der Waals surface area contributed by atoms with E-state index in [9.17, 15) is 5.26 Å². The standard InChI is InChI=1S/C16H9BrN2OS/c17-13-4-1-3-11(7-13)15-10-21-16(19-15)12(9-18)8-14-5-2-6-20-14/h1-8,10H. The maximum absolute atomic E-state index is 9.30.